The summed E-state index contributed by atoms with van der Waals surface area (Å²) in [4.78, 5) is 3.86. The van der Waals surface area contributed by atoms with E-state index in [9.17, 15) is 0 Å². The summed E-state index contributed by atoms with van der Waals surface area (Å²) in [6, 6.07) is 3.79. The van der Waals surface area contributed by atoms with Crippen LogP contribution in [0.4, 0.5) is 5.69 Å². The number of hydrogen-bond donors (Lipinski definition) is 1. The molecular weight excluding hydrogens is 198 g/mol. The van der Waals surface area contributed by atoms with Gasteiger partial charge in [0, 0.05) is 11.7 Å². The van der Waals surface area contributed by atoms with Crippen molar-refractivity contribution < 1.29 is 0 Å². The molecule has 14 heavy (non-hydrogen) atoms. The molecule has 0 atom stereocenters. The molecule has 1 N–H and O–H groups in total. The number of hydrogen-bond acceptors (Lipinski definition) is 3. The molecule has 1 heterocycles. The van der Waals surface area contributed by atoms with E-state index in [1.54, 1.807) is 6.07 Å². The van der Waals surface area contributed by atoms with Crippen LogP contribution < -0.4 is 5.32 Å². The highest BCUT2D eigenvalue weighted by atomic mass is 35.5. The summed E-state index contributed by atoms with van der Waals surface area (Å²) < 4.78 is 0. The summed E-state index contributed by atoms with van der Waals surface area (Å²) in [6.07, 6.45) is 3.77. The maximum atomic E-state index is 8.85. The Bertz CT molecular complexity index is 404. The number of nitriles is 1. The van der Waals surface area contributed by atoms with E-state index in [1.165, 1.54) is 6.20 Å². The maximum absolute atomic E-state index is 8.85. The fraction of sp³-hybridized carbons (Fsp3) is 0.400. The Morgan fingerprint density at radius 1 is 1.64 bits per heavy atom. The number of nitrogens with zero attached hydrogens (tertiary/aromatic N) is 2. The highest BCUT2D eigenvalue weighted by Gasteiger charge is 2.37. The minimum absolute atomic E-state index is 0.149. The first-order valence-corrected chi connectivity index (χ1v) is 4.85. The third-order valence-electron chi connectivity index (χ3n) is 2.43. The fourth-order valence-electron chi connectivity index (χ4n) is 1.26. The van der Waals surface area contributed by atoms with Gasteiger partial charge in [0.2, 0.25) is 0 Å². The number of halogens is 1. The summed E-state index contributed by atoms with van der Waals surface area (Å²) in [7, 11) is 0. The summed E-state index contributed by atoms with van der Waals surface area (Å²) in [5.41, 5.74) is 1.48. The molecule has 1 saturated carbocycles. The van der Waals surface area contributed by atoms with Gasteiger partial charge in [0.05, 0.1) is 11.3 Å². The van der Waals surface area contributed by atoms with Gasteiger partial charge in [-0.2, -0.15) is 5.26 Å². The molecule has 0 aliphatic heterocycles. The first kappa shape index (κ1) is 9.29. The molecule has 0 aromatic carbocycles. The number of anilines is 1. The van der Waals surface area contributed by atoms with Gasteiger partial charge in [-0.05, 0) is 25.8 Å². The summed E-state index contributed by atoms with van der Waals surface area (Å²) in [5.74, 6) is 0. The van der Waals surface area contributed by atoms with Crippen LogP contribution in [0.15, 0.2) is 12.3 Å². The second-order valence-electron chi connectivity index (χ2n) is 3.85. The third kappa shape index (κ3) is 1.80. The second-order valence-corrected chi connectivity index (χ2v) is 4.24. The molecule has 1 fully saturated rings. The van der Waals surface area contributed by atoms with Gasteiger partial charge in [0.25, 0.3) is 0 Å². The van der Waals surface area contributed by atoms with Crippen LogP contribution in [0, 0.1) is 11.3 Å². The Kier molecular flexibility index (Phi) is 2.09. The second kappa shape index (κ2) is 3.14. The van der Waals surface area contributed by atoms with E-state index in [0.29, 0.717) is 10.7 Å². The van der Waals surface area contributed by atoms with Crippen molar-refractivity contribution in [2.75, 3.05) is 5.32 Å². The SMILES string of the molecule is CC1(Nc2cc(Cl)ncc2C#N)CC1. The smallest absolute Gasteiger partial charge is 0.131 e. The largest absolute Gasteiger partial charge is 0.379 e. The molecule has 0 saturated heterocycles. The van der Waals surface area contributed by atoms with Gasteiger partial charge in [-0.15, -0.1) is 0 Å². The van der Waals surface area contributed by atoms with Gasteiger partial charge >= 0.3 is 0 Å². The molecule has 2 rings (SSSR count). The Hall–Kier alpha value is -1.27. The molecule has 0 bridgehead atoms. The Morgan fingerprint density at radius 3 is 2.93 bits per heavy atom. The Balaban J connectivity index is 2.31. The molecule has 0 radical (unpaired) electrons. The van der Waals surface area contributed by atoms with Crippen molar-refractivity contribution in [2.24, 2.45) is 0 Å². The molecular formula is C10H10ClN3. The highest BCUT2D eigenvalue weighted by molar-refractivity contribution is 6.29. The van der Waals surface area contributed by atoms with Crippen LogP contribution in [0.25, 0.3) is 0 Å². The van der Waals surface area contributed by atoms with Crippen molar-refractivity contribution in [3.05, 3.63) is 23.0 Å². The molecule has 0 amide bonds. The molecule has 1 aromatic rings. The molecule has 4 heteroatoms. The van der Waals surface area contributed by atoms with E-state index < -0.39 is 0 Å². The topological polar surface area (TPSA) is 48.7 Å². The van der Waals surface area contributed by atoms with Crippen molar-refractivity contribution >= 4 is 17.3 Å². The van der Waals surface area contributed by atoms with Gasteiger partial charge in [0.15, 0.2) is 0 Å². The van der Waals surface area contributed by atoms with Crippen LogP contribution in [-0.2, 0) is 0 Å². The van der Waals surface area contributed by atoms with Crippen LogP contribution in [0.2, 0.25) is 5.15 Å². The minimum Gasteiger partial charge on any atom is -0.379 e. The molecule has 1 aliphatic rings. The fourth-order valence-corrected chi connectivity index (χ4v) is 1.42. The standard InChI is InChI=1S/C10H10ClN3/c1-10(2-3-10)14-8-4-9(11)13-6-7(8)5-12/h4,6H,2-3H2,1H3,(H,13,14). The predicted molar refractivity (Wildman–Crippen MR) is 55.2 cm³/mol. The molecule has 72 valence electrons. The lowest BCUT2D eigenvalue weighted by Crippen LogP contribution is -2.16. The average Bonchev–Trinajstić information content (AvgIpc) is 2.84. The number of nitrogens with one attached hydrogen (secondary N) is 1. The highest BCUT2D eigenvalue weighted by Crippen LogP contribution is 2.39. The van der Waals surface area contributed by atoms with E-state index in [1.807, 2.05) is 0 Å². The molecule has 3 nitrogen and oxygen atoms in total. The summed E-state index contributed by atoms with van der Waals surface area (Å²) in [6.45, 7) is 2.13. The van der Waals surface area contributed by atoms with Crippen LogP contribution in [0.3, 0.4) is 0 Å². The zero-order chi connectivity index (χ0) is 10.2. The summed E-state index contributed by atoms with van der Waals surface area (Å²) in [5, 5.41) is 12.6. The van der Waals surface area contributed by atoms with Crippen molar-refractivity contribution in [3.63, 3.8) is 0 Å². The lowest BCUT2D eigenvalue weighted by Gasteiger charge is -2.14. The van der Waals surface area contributed by atoms with Crippen LogP contribution in [0.5, 0.6) is 0 Å². The van der Waals surface area contributed by atoms with Crippen molar-refractivity contribution in [1.82, 2.24) is 4.98 Å². The molecule has 1 aliphatic carbocycles. The monoisotopic (exact) mass is 207 g/mol. The van der Waals surface area contributed by atoms with Crippen molar-refractivity contribution in [1.29, 1.82) is 5.26 Å². The van der Waals surface area contributed by atoms with Gasteiger partial charge in [-0.1, -0.05) is 11.6 Å². The number of aromatic nitrogens is 1. The Labute approximate surface area is 87.7 Å². The van der Waals surface area contributed by atoms with Crippen LogP contribution >= 0.6 is 11.6 Å². The Morgan fingerprint density at radius 2 is 2.36 bits per heavy atom. The van der Waals surface area contributed by atoms with Gasteiger partial charge < -0.3 is 5.32 Å². The van der Waals surface area contributed by atoms with E-state index in [4.69, 9.17) is 16.9 Å². The first-order valence-electron chi connectivity index (χ1n) is 4.47. The van der Waals surface area contributed by atoms with Crippen LogP contribution in [0.1, 0.15) is 25.3 Å². The van der Waals surface area contributed by atoms with Gasteiger partial charge in [-0.25, -0.2) is 4.98 Å². The van der Waals surface area contributed by atoms with E-state index >= 15 is 0 Å². The maximum Gasteiger partial charge on any atom is 0.131 e. The number of rotatable bonds is 2. The summed E-state index contributed by atoms with van der Waals surface area (Å²) >= 11 is 5.76. The van der Waals surface area contributed by atoms with E-state index in [2.05, 4.69) is 23.3 Å². The van der Waals surface area contributed by atoms with Gasteiger partial charge in [0.1, 0.15) is 11.2 Å². The van der Waals surface area contributed by atoms with Crippen molar-refractivity contribution in [3.8, 4) is 6.07 Å². The van der Waals surface area contributed by atoms with E-state index in [0.717, 1.165) is 18.5 Å². The zero-order valence-corrected chi connectivity index (χ0v) is 8.60. The quantitative estimate of drug-likeness (QED) is 0.759. The van der Waals surface area contributed by atoms with Gasteiger partial charge in [-0.3, -0.25) is 0 Å². The lowest BCUT2D eigenvalue weighted by molar-refractivity contribution is 0.828. The molecule has 0 spiro atoms. The molecule has 0 unspecified atom stereocenters. The lowest BCUT2D eigenvalue weighted by atomic mass is 10.2. The number of pyridine rings is 1. The van der Waals surface area contributed by atoms with Crippen LogP contribution in [-0.4, -0.2) is 10.5 Å². The van der Waals surface area contributed by atoms with E-state index in [-0.39, 0.29) is 5.54 Å². The minimum atomic E-state index is 0.149. The normalized spacial score (nSPS) is 17.2. The predicted octanol–water partition coefficient (Wildman–Crippen LogP) is 2.57. The first-order chi connectivity index (χ1) is 6.63. The zero-order valence-electron chi connectivity index (χ0n) is 7.84. The molecule has 1 aromatic heterocycles. The third-order valence-corrected chi connectivity index (χ3v) is 2.63. The van der Waals surface area contributed by atoms with Crippen molar-refractivity contribution in [2.45, 2.75) is 25.3 Å². The average molecular weight is 208 g/mol.